The maximum absolute atomic E-state index is 12.7. The molecule has 0 aliphatic heterocycles. The van der Waals surface area contributed by atoms with Gasteiger partial charge >= 0.3 is 0 Å². The molecule has 2 nitrogen and oxygen atoms in total. The number of hydrogen-bond acceptors (Lipinski definition) is 2. The van der Waals surface area contributed by atoms with Crippen LogP contribution < -0.4 is 5.73 Å². The van der Waals surface area contributed by atoms with Crippen LogP contribution in [0.5, 0.6) is 0 Å². The topological polar surface area (TPSA) is 43.1 Å². The lowest BCUT2D eigenvalue weighted by Crippen LogP contribution is -2.48. The summed E-state index contributed by atoms with van der Waals surface area (Å²) in [7, 11) is 0. The van der Waals surface area contributed by atoms with Crippen LogP contribution in [0.3, 0.4) is 0 Å². The van der Waals surface area contributed by atoms with E-state index in [0.717, 1.165) is 37.0 Å². The first-order valence-electron chi connectivity index (χ1n) is 9.44. The molecule has 2 heteroatoms. The lowest BCUT2D eigenvalue weighted by Gasteiger charge is -2.57. The third kappa shape index (κ3) is 3.24. The molecule has 0 spiro atoms. The number of aryl methyl sites for hydroxylation is 1. The second-order valence-electron chi connectivity index (χ2n) is 8.69. The second kappa shape index (κ2) is 6.05. The number of hydrogen-bond donors (Lipinski definition) is 1. The lowest BCUT2D eigenvalue weighted by atomic mass is 9.48. The van der Waals surface area contributed by atoms with Crippen molar-refractivity contribution in [3.8, 4) is 0 Å². The lowest BCUT2D eigenvalue weighted by molar-refractivity contribution is -0.128. The minimum atomic E-state index is -0.275. The molecule has 1 aromatic rings. The first-order valence-corrected chi connectivity index (χ1v) is 9.44. The smallest absolute Gasteiger partial charge is 0.150 e. The summed E-state index contributed by atoms with van der Waals surface area (Å²) in [6.45, 7) is 0. The Bertz CT molecular complexity index is 529. The Morgan fingerprint density at radius 1 is 1.04 bits per heavy atom. The Labute approximate surface area is 139 Å². The number of rotatable bonds is 6. The number of ketones is 1. The minimum absolute atomic E-state index is 0.275. The summed E-state index contributed by atoms with van der Waals surface area (Å²) in [5.41, 5.74) is 7.86. The van der Waals surface area contributed by atoms with Gasteiger partial charge in [0.2, 0.25) is 0 Å². The van der Waals surface area contributed by atoms with Gasteiger partial charge in [0.05, 0.1) is 6.04 Å². The molecule has 4 bridgehead atoms. The zero-order valence-electron chi connectivity index (χ0n) is 14.0. The average molecular weight is 311 g/mol. The first-order chi connectivity index (χ1) is 11.1. The summed E-state index contributed by atoms with van der Waals surface area (Å²) in [6.07, 6.45) is 10.7. The minimum Gasteiger partial charge on any atom is -0.321 e. The molecule has 23 heavy (non-hydrogen) atoms. The van der Waals surface area contributed by atoms with Gasteiger partial charge in [0.1, 0.15) is 5.78 Å². The molecule has 4 saturated carbocycles. The standard InChI is InChI=1S/C21H29NO/c22-19(7-6-15-4-2-1-3-5-15)20(23)14-21-11-16-8-17(12-21)10-18(9-16)13-21/h1-5,16-19H,6-14,22H2/t16?,17?,18?,19-,21?/m0/s1. The van der Waals surface area contributed by atoms with Crippen LogP contribution in [0.2, 0.25) is 0 Å². The first kappa shape index (κ1) is 15.4. The molecule has 124 valence electrons. The molecule has 0 heterocycles. The highest BCUT2D eigenvalue weighted by Gasteiger charge is 2.51. The molecule has 0 saturated heterocycles. The molecular formula is C21H29NO. The fraction of sp³-hybridized carbons (Fsp3) is 0.667. The Hall–Kier alpha value is -1.15. The predicted molar refractivity (Wildman–Crippen MR) is 93.0 cm³/mol. The van der Waals surface area contributed by atoms with E-state index in [1.54, 1.807) is 0 Å². The van der Waals surface area contributed by atoms with Crippen LogP contribution in [0.25, 0.3) is 0 Å². The van der Waals surface area contributed by atoms with Crippen LogP contribution in [0.4, 0.5) is 0 Å². The highest BCUT2D eigenvalue weighted by Crippen LogP contribution is 2.61. The number of nitrogens with two attached hydrogens (primary N) is 1. The van der Waals surface area contributed by atoms with Crippen LogP contribution in [0, 0.1) is 23.2 Å². The summed E-state index contributed by atoms with van der Waals surface area (Å²) in [5.74, 6) is 3.06. The van der Waals surface area contributed by atoms with E-state index in [4.69, 9.17) is 5.73 Å². The molecular weight excluding hydrogens is 282 g/mol. The maximum atomic E-state index is 12.7. The Balaban J connectivity index is 1.34. The zero-order chi connectivity index (χ0) is 15.9. The van der Waals surface area contributed by atoms with Crippen molar-refractivity contribution in [3.63, 3.8) is 0 Å². The Morgan fingerprint density at radius 2 is 1.61 bits per heavy atom. The molecule has 0 unspecified atom stereocenters. The number of Topliss-reactive ketones (excluding diaryl/α,β-unsaturated/α-hetero) is 1. The summed E-state index contributed by atoms with van der Waals surface area (Å²) in [5, 5.41) is 0. The second-order valence-corrected chi connectivity index (χ2v) is 8.69. The van der Waals surface area contributed by atoms with Crippen LogP contribution in [-0.4, -0.2) is 11.8 Å². The summed E-state index contributed by atoms with van der Waals surface area (Å²) in [6, 6.07) is 10.1. The summed E-state index contributed by atoms with van der Waals surface area (Å²) >= 11 is 0. The third-order valence-electron chi connectivity index (χ3n) is 6.71. The molecule has 4 fully saturated rings. The van der Waals surface area contributed by atoms with Crippen molar-refractivity contribution in [2.75, 3.05) is 0 Å². The Kier molecular flexibility index (Phi) is 4.05. The largest absolute Gasteiger partial charge is 0.321 e. The van der Waals surface area contributed by atoms with E-state index in [1.165, 1.54) is 44.1 Å². The van der Waals surface area contributed by atoms with Gasteiger partial charge in [0, 0.05) is 6.42 Å². The van der Waals surface area contributed by atoms with Gasteiger partial charge in [-0.25, -0.2) is 0 Å². The van der Waals surface area contributed by atoms with Gasteiger partial charge in [0.15, 0.2) is 0 Å². The zero-order valence-corrected chi connectivity index (χ0v) is 14.0. The van der Waals surface area contributed by atoms with Crippen molar-refractivity contribution >= 4 is 5.78 Å². The molecule has 1 aromatic carbocycles. The number of benzene rings is 1. The average Bonchev–Trinajstić information content (AvgIpc) is 2.51. The highest BCUT2D eigenvalue weighted by molar-refractivity contribution is 5.84. The van der Waals surface area contributed by atoms with Gasteiger partial charge in [-0.1, -0.05) is 30.3 Å². The molecule has 1 atom stereocenters. The van der Waals surface area contributed by atoms with Crippen molar-refractivity contribution in [3.05, 3.63) is 35.9 Å². The molecule has 0 amide bonds. The normalized spacial score (nSPS) is 36.1. The van der Waals surface area contributed by atoms with E-state index in [1.807, 2.05) is 6.07 Å². The predicted octanol–water partition coefficient (Wildman–Crippen LogP) is 4.12. The fourth-order valence-corrected chi connectivity index (χ4v) is 6.14. The molecule has 5 rings (SSSR count). The number of carbonyl (C=O) groups excluding carboxylic acids is 1. The van der Waals surface area contributed by atoms with Crippen molar-refractivity contribution in [1.82, 2.24) is 0 Å². The van der Waals surface area contributed by atoms with E-state index in [2.05, 4.69) is 24.3 Å². The summed E-state index contributed by atoms with van der Waals surface area (Å²) < 4.78 is 0. The van der Waals surface area contributed by atoms with Crippen LogP contribution in [0.1, 0.15) is 56.9 Å². The van der Waals surface area contributed by atoms with Gasteiger partial charge < -0.3 is 5.73 Å². The fourth-order valence-electron chi connectivity index (χ4n) is 6.14. The van der Waals surface area contributed by atoms with Crippen LogP contribution >= 0.6 is 0 Å². The Morgan fingerprint density at radius 3 is 2.17 bits per heavy atom. The number of carbonyl (C=O) groups is 1. The van der Waals surface area contributed by atoms with Gasteiger partial charge in [0.25, 0.3) is 0 Å². The van der Waals surface area contributed by atoms with E-state index in [0.29, 0.717) is 11.2 Å². The van der Waals surface area contributed by atoms with Gasteiger partial charge in [-0.15, -0.1) is 0 Å². The quantitative estimate of drug-likeness (QED) is 0.858. The molecule has 2 N–H and O–H groups in total. The van der Waals surface area contributed by atoms with Crippen molar-refractivity contribution in [2.24, 2.45) is 28.9 Å². The third-order valence-corrected chi connectivity index (χ3v) is 6.71. The molecule has 0 radical (unpaired) electrons. The van der Waals surface area contributed by atoms with E-state index in [9.17, 15) is 4.79 Å². The monoisotopic (exact) mass is 311 g/mol. The van der Waals surface area contributed by atoms with E-state index < -0.39 is 0 Å². The maximum Gasteiger partial charge on any atom is 0.150 e. The van der Waals surface area contributed by atoms with Crippen LogP contribution in [-0.2, 0) is 11.2 Å². The van der Waals surface area contributed by atoms with Crippen LogP contribution in [0.15, 0.2) is 30.3 Å². The summed E-state index contributed by atoms with van der Waals surface area (Å²) in [4.78, 5) is 12.7. The van der Waals surface area contributed by atoms with Gasteiger partial charge in [-0.05, 0) is 80.1 Å². The van der Waals surface area contributed by atoms with Crippen molar-refractivity contribution < 1.29 is 4.79 Å². The van der Waals surface area contributed by atoms with E-state index in [-0.39, 0.29) is 6.04 Å². The van der Waals surface area contributed by atoms with Gasteiger partial charge in [-0.3, -0.25) is 4.79 Å². The molecule has 0 aromatic heterocycles. The molecule has 4 aliphatic carbocycles. The van der Waals surface area contributed by atoms with Gasteiger partial charge in [-0.2, -0.15) is 0 Å². The van der Waals surface area contributed by atoms with Crippen molar-refractivity contribution in [1.29, 1.82) is 0 Å². The van der Waals surface area contributed by atoms with E-state index >= 15 is 0 Å². The molecule has 4 aliphatic rings. The highest BCUT2D eigenvalue weighted by atomic mass is 16.1. The van der Waals surface area contributed by atoms with Crippen molar-refractivity contribution in [2.45, 2.75) is 63.8 Å². The SMILES string of the molecule is N[C@@H](CCc1ccccc1)C(=O)CC12CC3CC(CC(C3)C1)C2.